The molecule has 0 amide bonds. The maximum Gasteiger partial charge on any atom is 1.00 e. The van der Waals surface area contributed by atoms with Crippen LogP contribution in [-0.2, 0) is 19.7 Å². The molecule has 9 heteroatoms. The van der Waals surface area contributed by atoms with Crippen LogP contribution in [0.25, 0.3) is 0 Å². The molecule has 0 aromatic carbocycles. The van der Waals surface area contributed by atoms with E-state index in [2.05, 4.69) is 20.8 Å². The number of carboxylic acids is 2. The Kier molecular flexibility index (Phi) is 22.8. The van der Waals surface area contributed by atoms with E-state index in [0.29, 0.717) is 32.1 Å². The minimum Gasteiger partial charge on any atom is -1.00 e. The molecule has 0 radical (unpaired) electrons. The van der Waals surface area contributed by atoms with Crippen LogP contribution in [-0.4, -0.2) is 39.9 Å². The van der Waals surface area contributed by atoms with E-state index in [0.717, 1.165) is 77.0 Å². The van der Waals surface area contributed by atoms with Crippen LogP contribution in [0.3, 0.4) is 0 Å². The first-order valence-electron chi connectivity index (χ1n) is 14.5. The van der Waals surface area contributed by atoms with Crippen LogP contribution in [0.2, 0.25) is 0 Å². The zero-order valence-corrected chi connectivity index (χ0v) is 27.0. The molecule has 216 valence electrons. The average molecular weight is 559 g/mol. The van der Waals surface area contributed by atoms with Gasteiger partial charge >= 0.3 is 41.5 Å². The number of rotatable bonds is 25. The zero-order valence-electron chi connectivity index (χ0n) is 25.2. The molecule has 0 heterocycles. The maximum absolute atomic E-state index is 12.9. The predicted molar refractivity (Wildman–Crippen MR) is 147 cm³/mol. The minimum absolute atomic E-state index is 0. The molecule has 0 bridgehead atoms. The van der Waals surface area contributed by atoms with E-state index in [1.165, 1.54) is 0 Å². The summed E-state index contributed by atoms with van der Waals surface area (Å²) in [4.78, 5) is 25.6. The van der Waals surface area contributed by atoms with Gasteiger partial charge in [0.1, 0.15) is 5.41 Å². The minimum atomic E-state index is -5.21. The first-order valence-corrected chi connectivity index (χ1v) is 15.9. The van der Waals surface area contributed by atoms with E-state index in [-0.39, 0.29) is 56.7 Å². The van der Waals surface area contributed by atoms with Crippen LogP contribution >= 0.6 is 0 Å². The van der Waals surface area contributed by atoms with Crippen LogP contribution in [0.15, 0.2) is 0 Å². The Bertz CT molecular complexity index is 702. The number of hydrogen-bond donors (Lipinski definition) is 3. The SMILES string of the molecule is CCCCCCCCC(CCCCCCCC)(C(=O)O)C(CCCCCCCC)(C(=O)O)S(=O)(=O)O.[H-].[Na+]. The van der Waals surface area contributed by atoms with Crippen molar-refractivity contribution in [1.82, 2.24) is 0 Å². The second kappa shape index (κ2) is 21.6. The number of aliphatic carboxylic acids is 2. The van der Waals surface area contributed by atoms with E-state index >= 15 is 0 Å². The molecular formula is C28H55NaO7S. The van der Waals surface area contributed by atoms with Gasteiger partial charge in [0.25, 0.3) is 10.1 Å². The van der Waals surface area contributed by atoms with Crippen molar-refractivity contribution in [3.8, 4) is 0 Å². The molecule has 0 spiro atoms. The van der Waals surface area contributed by atoms with Gasteiger partial charge in [0.15, 0.2) is 0 Å². The van der Waals surface area contributed by atoms with Crippen molar-refractivity contribution in [2.75, 3.05) is 0 Å². The Labute approximate surface area is 250 Å². The van der Waals surface area contributed by atoms with Gasteiger partial charge in [-0.3, -0.25) is 14.1 Å². The van der Waals surface area contributed by atoms with E-state index in [1.54, 1.807) is 0 Å². The molecule has 0 aromatic rings. The van der Waals surface area contributed by atoms with E-state index in [1.807, 2.05) is 0 Å². The van der Waals surface area contributed by atoms with Gasteiger partial charge in [0.2, 0.25) is 4.75 Å². The third-order valence-corrected chi connectivity index (χ3v) is 9.42. The van der Waals surface area contributed by atoms with Crippen molar-refractivity contribution < 1.29 is 63.8 Å². The van der Waals surface area contributed by atoms with Crippen LogP contribution in [0, 0.1) is 5.41 Å². The normalized spacial score (nSPS) is 13.6. The summed E-state index contributed by atoms with van der Waals surface area (Å²) in [7, 11) is -5.21. The first-order chi connectivity index (χ1) is 17.1. The molecule has 0 aromatic heterocycles. The smallest absolute Gasteiger partial charge is 1.00 e. The molecule has 7 nitrogen and oxygen atoms in total. The summed E-state index contributed by atoms with van der Waals surface area (Å²) in [6.07, 6.45) is 14.6. The summed E-state index contributed by atoms with van der Waals surface area (Å²) in [5.41, 5.74) is -2.06. The van der Waals surface area contributed by atoms with Gasteiger partial charge < -0.3 is 11.6 Å². The van der Waals surface area contributed by atoms with E-state index in [4.69, 9.17) is 0 Å². The zero-order chi connectivity index (χ0) is 27.5. The summed E-state index contributed by atoms with van der Waals surface area (Å²) in [5.74, 6) is -3.16. The summed E-state index contributed by atoms with van der Waals surface area (Å²) < 4.78 is 33.4. The third-order valence-electron chi connectivity index (χ3n) is 7.76. The van der Waals surface area contributed by atoms with Crippen LogP contribution in [0.4, 0.5) is 0 Å². The van der Waals surface area contributed by atoms with Crippen LogP contribution in [0.5, 0.6) is 0 Å². The molecule has 37 heavy (non-hydrogen) atoms. The summed E-state index contributed by atoms with van der Waals surface area (Å²) in [6.45, 7) is 6.29. The second-order valence-corrected chi connectivity index (χ2v) is 12.2. The number of hydrogen-bond acceptors (Lipinski definition) is 4. The molecule has 0 aliphatic carbocycles. The second-order valence-electron chi connectivity index (χ2n) is 10.5. The largest absolute Gasteiger partial charge is 1.00 e. The summed E-state index contributed by atoms with van der Waals surface area (Å²) in [5, 5.41) is 20.8. The first kappa shape index (κ1) is 39.0. The van der Waals surface area contributed by atoms with Crippen molar-refractivity contribution in [1.29, 1.82) is 0 Å². The van der Waals surface area contributed by atoms with Crippen molar-refractivity contribution >= 4 is 22.1 Å². The molecule has 0 saturated carbocycles. The number of unbranched alkanes of at least 4 members (excludes halogenated alkanes) is 15. The van der Waals surface area contributed by atoms with E-state index in [9.17, 15) is 32.8 Å². The van der Waals surface area contributed by atoms with Gasteiger partial charge in [-0.05, 0) is 19.3 Å². The Morgan fingerprint density at radius 2 is 0.865 bits per heavy atom. The van der Waals surface area contributed by atoms with Crippen LogP contribution < -0.4 is 29.6 Å². The fourth-order valence-corrected chi connectivity index (χ4v) is 6.93. The molecule has 0 fully saturated rings. The molecule has 1 atom stereocenters. The predicted octanol–water partition coefficient (Wildman–Crippen LogP) is 5.14. The monoisotopic (exact) mass is 558 g/mol. The number of carboxylic acid groups (broad SMARTS) is 2. The maximum atomic E-state index is 12.9. The van der Waals surface area contributed by atoms with Crippen LogP contribution in [0.1, 0.15) is 157 Å². The Hall–Kier alpha value is -0.150. The van der Waals surface area contributed by atoms with Crippen molar-refractivity contribution in [3.05, 3.63) is 0 Å². The molecule has 0 aliphatic heterocycles. The van der Waals surface area contributed by atoms with Gasteiger partial charge in [-0.15, -0.1) is 0 Å². The van der Waals surface area contributed by atoms with E-state index < -0.39 is 32.2 Å². The standard InChI is InChI=1S/C28H54O7S.Na.H/c1-4-7-10-13-16-19-22-27(25(29)30,23-20-17-14-11-8-5-2)28(26(31)32,36(33,34)35)24-21-18-15-12-9-6-3;;/h4-24H2,1-3H3,(H,29,30)(H,31,32)(H,33,34,35);;/q;+1;-1. The van der Waals surface area contributed by atoms with Gasteiger partial charge in [0, 0.05) is 0 Å². The summed E-state index contributed by atoms with van der Waals surface area (Å²) >= 11 is 0. The Morgan fingerprint density at radius 3 is 1.14 bits per heavy atom. The van der Waals surface area contributed by atoms with Gasteiger partial charge in [-0.1, -0.05) is 136 Å². The molecule has 1 unspecified atom stereocenters. The molecule has 0 saturated heterocycles. The number of carbonyl (C=O) groups is 2. The quantitative estimate of drug-likeness (QED) is 0.0804. The van der Waals surface area contributed by atoms with Crippen molar-refractivity contribution in [2.24, 2.45) is 5.41 Å². The molecule has 0 rings (SSSR count). The summed E-state index contributed by atoms with van der Waals surface area (Å²) in [6, 6.07) is 0. The average Bonchev–Trinajstić information content (AvgIpc) is 2.80. The fourth-order valence-electron chi connectivity index (χ4n) is 5.52. The fraction of sp³-hybridized carbons (Fsp3) is 0.929. The molecule has 3 N–H and O–H groups in total. The van der Waals surface area contributed by atoms with Crippen molar-refractivity contribution in [2.45, 2.75) is 160 Å². The molecular weight excluding hydrogens is 503 g/mol. The Balaban J connectivity index is -0.00000612. The Morgan fingerprint density at radius 1 is 0.568 bits per heavy atom. The third kappa shape index (κ3) is 12.7. The topological polar surface area (TPSA) is 129 Å². The van der Waals surface area contributed by atoms with Gasteiger partial charge in [0.05, 0.1) is 0 Å². The van der Waals surface area contributed by atoms with Gasteiger partial charge in [-0.25, -0.2) is 0 Å². The van der Waals surface area contributed by atoms with Crippen molar-refractivity contribution in [3.63, 3.8) is 0 Å². The van der Waals surface area contributed by atoms with Gasteiger partial charge in [-0.2, -0.15) is 8.42 Å². The molecule has 0 aliphatic rings.